The highest BCUT2D eigenvalue weighted by atomic mass is 32.1. The predicted octanol–water partition coefficient (Wildman–Crippen LogP) is 5.42. The molecule has 7 nitrogen and oxygen atoms in total. The number of aliphatic carboxylic acids is 1. The van der Waals surface area contributed by atoms with Gasteiger partial charge in [0, 0.05) is 36.9 Å². The van der Waals surface area contributed by atoms with Gasteiger partial charge in [0.2, 0.25) is 5.88 Å². The minimum absolute atomic E-state index is 0.0350. The number of carboxylic acids is 1. The third-order valence-electron chi connectivity index (χ3n) is 7.04. The maximum Gasteiger partial charge on any atom is 0.388 e. The van der Waals surface area contributed by atoms with Crippen LogP contribution < -0.4 is 4.74 Å². The Bertz CT molecular complexity index is 1120. The van der Waals surface area contributed by atoms with Gasteiger partial charge < -0.3 is 9.84 Å². The number of alkyl halides is 2. The zero-order valence-corrected chi connectivity index (χ0v) is 20.9. The topological polar surface area (TPSA) is 99.3 Å². The Labute approximate surface area is 207 Å². The number of likely N-dealkylation sites (tertiary alicyclic amines) is 1. The Morgan fingerprint density at radius 3 is 2.71 bits per heavy atom. The zero-order chi connectivity index (χ0) is 25.4. The van der Waals surface area contributed by atoms with Crippen molar-refractivity contribution in [3.05, 3.63) is 28.9 Å². The van der Waals surface area contributed by atoms with E-state index in [1.54, 1.807) is 6.20 Å². The number of hydrogen-bond acceptors (Lipinski definition) is 7. The van der Waals surface area contributed by atoms with E-state index >= 15 is 0 Å². The van der Waals surface area contributed by atoms with Crippen LogP contribution >= 0.6 is 11.3 Å². The van der Waals surface area contributed by atoms with E-state index in [2.05, 4.69) is 40.4 Å². The van der Waals surface area contributed by atoms with Crippen molar-refractivity contribution >= 4 is 17.3 Å². The van der Waals surface area contributed by atoms with E-state index in [0.717, 1.165) is 24.3 Å². The zero-order valence-electron chi connectivity index (χ0n) is 20.1. The molecule has 1 saturated carbocycles. The van der Waals surface area contributed by atoms with Gasteiger partial charge in [0.05, 0.1) is 16.5 Å². The molecular weight excluding hydrogens is 474 g/mol. The van der Waals surface area contributed by atoms with Gasteiger partial charge in [0.15, 0.2) is 0 Å². The number of aromatic nitrogens is 2. The smallest absolute Gasteiger partial charge is 0.388 e. The number of hydrogen-bond donors (Lipinski definition) is 1. The van der Waals surface area contributed by atoms with Crippen LogP contribution in [0.2, 0.25) is 0 Å². The normalized spacial score (nSPS) is 23.3. The van der Waals surface area contributed by atoms with Gasteiger partial charge in [-0.3, -0.25) is 9.69 Å². The fourth-order valence-electron chi connectivity index (χ4n) is 4.94. The highest BCUT2D eigenvalue weighted by Crippen LogP contribution is 2.49. The molecule has 2 atom stereocenters. The lowest BCUT2D eigenvalue weighted by Gasteiger charge is -2.48. The minimum atomic E-state index is -3.05. The molecule has 1 aliphatic heterocycles. The molecule has 0 amide bonds. The Kier molecular flexibility index (Phi) is 7.11. The first-order valence-electron chi connectivity index (χ1n) is 11.7. The molecule has 10 heteroatoms. The van der Waals surface area contributed by atoms with E-state index in [1.165, 1.54) is 23.6 Å². The predicted molar refractivity (Wildman–Crippen MR) is 127 cm³/mol. The second-order valence-electron chi connectivity index (χ2n) is 10.9. The van der Waals surface area contributed by atoms with Crippen LogP contribution in [0.15, 0.2) is 18.5 Å². The molecule has 3 heterocycles. The SMILES string of the molecule is CC(C)(C)[C@H]1CN(Cc2cnc(-c3cc(C#N)cnc3OC(F)F)s2)C[C@](CC2CC2)(C(=O)O)C1. The number of thiazole rings is 1. The molecule has 188 valence electrons. The third kappa shape index (κ3) is 5.96. The van der Waals surface area contributed by atoms with E-state index in [0.29, 0.717) is 36.9 Å². The second-order valence-corrected chi connectivity index (χ2v) is 12.0. The maximum absolute atomic E-state index is 12.9. The van der Waals surface area contributed by atoms with Crippen molar-refractivity contribution in [3.63, 3.8) is 0 Å². The number of pyridine rings is 1. The summed E-state index contributed by atoms with van der Waals surface area (Å²) in [6.45, 7) is 5.21. The molecule has 4 rings (SSSR count). The van der Waals surface area contributed by atoms with E-state index in [1.807, 2.05) is 6.07 Å². The van der Waals surface area contributed by atoms with Gasteiger partial charge in [-0.15, -0.1) is 11.3 Å². The number of carbonyl (C=O) groups is 1. The fraction of sp³-hybridized carbons (Fsp3) is 0.600. The molecule has 1 saturated heterocycles. The molecule has 0 bridgehead atoms. The van der Waals surface area contributed by atoms with Crippen molar-refractivity contribution in [2.75, 3.05) is 13.1 Å². The molecule has 1 N–H and O–H groups in total. The monoisotopic (exact) mass is 504 g/mol. The third-order valence-corrected chi connectivity index (χ3v) is 8.06. The average Bonchev–Trinajstić information content (AvgIpc) is 3.47. The van der Waals surface area contributed by atoms with E-state index in [4.69, 9.17) is 0 Å². The summed E-state index contributed by atoms with van der Waals surface area (Å²) in [5.41, 5.74) is -0.352. The van der Waals surface area contributed by atoms with E-state index in [-0.39, 0.29) is 28.3 Å². The Morgan fingerprint density at radius 1 is 1.37 bits per heavy atom. The van der Waals surface area contributed by atoms with Crippen molar-refractivity contribution in [2.45, 2.75) is 59.6 Å². The molecule has 2 fully saturated rings. The maximum atomic E-state index is 12.9. The van der Waals surface area contributed by atoms with E-state index < -0.39 is 18.0 Å². The van der Waals surface area contributed by atoms with Crippen LogP contribution in [0.4, 0.5) is 8.78 Å². The van der Waals surface area contributed by atoms with Crippen LogP contribution in [0, 0.1) is 34.0 Å². The van der Waals surface area contributed by atoms with Crippen LogP contribution in [-0.2, 0) is 11.3 Å². The molecular formula is C25H30F2N4O3S. The molecule has 0 unspecified atom stereocenters. The molecule has 2 aromatic heterocycles. The number of ether oxygens (including phenoxy) is 1. The minimum Gasteiger partial charge on any atom is -0.481 e. The summed E-state index contributed by atoms with van der Waals surface area (Å²) >= 11 is 1.31. The number of nitriles is 1. The van der Waals surface area contributed by atoms with Gasteiger partial charge in [-0.25, -0.2) is 9.97 Å². The van der Waals surface area contributed by atoms with Crippen LogP contribution in [0.5, 0.6) is 5.88 Å². The van der Waals surface area contributed by atoms with Gasteiger partial charge in [-0.1, -0.05) is 33.6 Å². The van der Waals surface area contributed by atoms with Crippen molar-refractivity contribution in [2.24, 2.45) is 22.7 Å². The first-order valence-corrected chi connectivity index (χ1v) is 12.6. The van der Waals surface area contributed by atoms with Crippen molar-refractivity contribution in [1.29, 1.82) is 5.26 Å². The quantitative estimate of drug-likeness (QED) is 0.513. The molecule has 35 heavy (non-hydrogen) atoms. The summed E-state index contributed by atoms with van der Waals surface area (Å²) in [7, 11) is 0. The Morgan fingerprint density at radius 2 is 2.11 bits per heavy atom. The summed E-state index contributed by atoms with van der Waals surface area (Å²) in [5, 5.41) is 19.9. The number of carboxylic acid groups (broad SMARTS) is 1. The van der Waals surface area contributed by atoms with Gasteiger partial charge in [-0.05, 0) is 36.2 Å². The van der Waals surface area contributed by atoms with Crippen molar-refractivity contribution in [1.82, 2.24) is 14.9 Å². The highest BCUT2D eigenvalue weighted by molar-refractivity contribution is 7.15. The number of nitrogens with zero attached hydrogens (tertiary/aromatic N) is 4. The summed E-state index contributed by atoms with van der Waals surface area (Å²) < 4.78 is 30.3. The molecule has 0 radical (unpaired) electrons. The standard InChI is InChI=1S/C25H30F2N4O3S/c1-24(2,3)17-8-25(22(32)33,7-15-4-5-15)14-31(12-17)13-18-11-30-21(35-18)19-6-16(9-28)10-29-20(19)34-23(26)27/h6,10-11,15,17,23H,4-5,7-8,12-14H2,1-3H3,(H,32,33)/t17-,25-/m1/s1. The first kappa shape index (κ1) is 25.5. The van der Waals surface area contributed by atoms with Gasteiger partial charge >= 0.3 is 12.6 Å². The molecule has 1 aliphatic carbocycles. The first-order chi connectivity index (χ1) is 16.5. The molecule has 0 spiro atoms. The van der Waals surface area contributed by atoms with Crippen LogP contribution in [0.25, 0.3) is 10.6 Å². The Hall–Kier alpha value is -2.64. The lowest BCUT2D eigenvalue weighted by molar-refractivity contribution is -0.157. The van der Waals surface area contributed by atoms with Crippen molar-refractivity contribution in [3.8, 4) is 22.5 Å². The average molecular weight is 505 g/mol. The number of piperidine rings is 1. The fourth-order valence-corrected chi connectivity index (χ4v) is 5.90. The Balaban J connectivity index is 1.59. The van der Waals surface area contributed by atoms with E-state index in [9.17, 15) is 23.9 Å². The summed E-state index contributed by atoms with van der Waals surface area (Å²) in [5.74, 6) is -0.280. The second kappa shape index (κ2) is 9.78. The van der Waals surface area contributed by atoms with Crippen LogP contribution in [0.3, 0.4) is 0 Å². The summed E-state index contributed by atoms with van der Waals surface area (Å²) in [6, 6.07) is 3.40. The van der Waals surface area contributed by atoms with Gasteiger partial charge in [0.25, 0.3) is 0 Å². The van der Waals surface area contributed by atoms with Crippen LogP contribution in [-0.4, -0.2) is 45.6 Å². The molecule has 2 aliphatic rings. The van der Waals surface area contributed by atoms with Gasteiger partial charge in [0.1, 0.15) is 11.1 Å². The number of rotatable bonds is 8. The largest absolute Gasteiger partial charge is 0.481 e. The summed E-state index contributed by atoms with van der Waals surface area (Å²) in [6.07, 6.45) is 6.45. The highest BCUT2D eigenvalue weighted by Gasteiger charge is 2.50. The molecule has 2 aromatic rings. The van der Waals surface area contributed by atoms with Crippen LogP contribution in [0.1, 0.15) is 56.9 Å². The summed E-state index contributed by atoms with van der Waals surface area (Å²) in [4.78, 5) is 23.9. The van der Waals surface area contributed by atoms with Crippen molar-refractivity contribution < 1.29 is 23.4 Å². The lowest BCUT2D eigenvalue weighted by Crippen LogP contribution is -2.53. The molecule has 0 aromatic carbocycles. The van der Waals surface area contributed by atoms with Gasteiger partial charge in [-0.2, -0.15) is 14.0 Å². The number of halogens is 2. The lowest BCUT2D eigenvalue weighted by atomic mass is 9.65.